The lowest BCUT2D eigenvalue weighted by Crippen LogP contribution is -2.35. The fourth-order valence-electron chi connectivity index (χ4n) is 1.69. The van der Waals surface area contributed by atoms with E-state index in [2.05, 4.69) is 10.6 Å². The first-order chi connectivity index (χ1) is 7.27. The molecule has 0 saturated carbocycles. The Morgan fingerprint density at radius 2 is 2.27 bits per heavy atom. The molecule has 1 aliphatic rings. The Kier molecular flexibility index (Phi) is 3.23. The third-order valence-corrected chi connectivity index (χ3v) is 2.84. The smallest absolute Gasteiger partial charge is 0.241 e. The minimum Gasteiger partial charge on any atom is -0.323 e. The van der Waals surface area contributed by atoms with E-state index in [1.165, 1.54) is 0 Å². The molecule has 3 nitrogen and oxygen atoms in total. The minimum atomic E-state index is -0.0683. The Labute approximate surface area is 93.8 Å². The normalized spacial score (nSPS) is 20.2. The highest BCUT2D eigenvalue weighted by Gasteiger charge is 2.22. The number of carbonyl (C=O) groups excluding carboxylic acids is 1. The molecule has 4 heteroatoms. The van der Waals surface area contributed by atoms with Gasteiger partial charge in [0.05, 0.1) is 16.8 Å². The van der Waals surface area contributed by atoms with Crippen LogP contribution in [0.4, 0.5) is 5.69 Å². The Morgan fingerprint density at radius 3 is 2.93 bits per heavy atom. The van der Waals surface area contributed by atoms with Crippen molar-refractivity contribution in [2.24, 2.45) is 0 Å². The van der Waals surface area contributed by atoms with Crippen molar-refractivity contribution in [1.29, 1.82) is 0 Å². The van der Waals surface area contributed by atoms with Crippen LogP contribution < -0.4 is 10.6 Å². The SMILES string of the molecule is O=C(Nc1ccccc1Cl)[C@H]1CCCN1. The molecule has 0 bridgehead atoms. The van der Waals surface area contributed by atoms with Crippen LogP contribution in [0.25, 0.3) is 0 Å². The molecule has 0 unspecified atom stereocenters. The Morgan fingerprint density at radius 1 is 1.47 bits per heavy atom. The highest BCUT2D eigenvalue weighted by Crippen LogP contribution is 2.21. The van der Waals surface area contributed by atoms with Crippen molar-refractivity contribution in [3.63, 3.8) is 0 Å². The summed E-state index contributed by atoms with van der Waals surface area (Å²) < 4.78 is 0. The lowest BCUT2D eigenvalue weighted by atomic mass is 10.2. The number of benzene rings is 1. The number of anilines is 1. The molecular weight excluding hydrogens is 212 g/mol. The van der Waals surface area contributed by atoms with Gasteiger partial charge < -0.3 is 10.6 Å². The summed E-state index contributed by atoms with van der Waals surface area (Å²) in [5.41, 5.74) is 0.679. The van der Waals surface area contributed by atoms with Gasteiger partial charge in [-0.25, -0.2) is 0 Å². The number of hydrogen-bond acceptors (Lipinski definition) is 2. The van der Waals surface area contributed by atoms with Crippen LogP contribution in [-0.4, -0.2) is 18.5 Å². The molecule has 2 rings (SSSR count). The molecular formula is C11H13ClN2O. The summed E-state index contributed by atoms with van der Waals surface area (Å²) in [7, 11) is 0. The van der Waals surface area contributed by atoms with Crippen molar-refractivity contribution in [3.05, 3.63) is 29.3 Å². The van der Waals surface area contributed by atoms with Gasteiger partial charge in [-0.05, 0) is 31.5 Å². The molecule has 0 aliphatic carbocycles. The third kappa shape index (κ3) is 2.49. The van der Waals surface area contributed by atoms with Crippen molar-refractivity contribution >= 4 is 23.2 Å². The quantitative estimate of drug-likeness (QED) is 0.807. The summed E-state index contributed by atoms with van der Waals surface area (Å²) >= 11 is 5.94. The van der Waals surface area contributed by atoms with Crippen LogP contribution >= 0.6 is 11.6 Å². The summed E-state index contributed by atoms with van der Waals surface area (Å²) in [5, 5.41) is 6.53. The van der Waals surface area contributed by atoms with Gasteiger partial charge in [0.15, 0.2) is 0 Å². The zero-order valence-electron chi connectivity index (χ0n) is 8.29. The van der Waals surface area contributed by atoms with E-state index in [0.717, 1.165) is 19.4 Å². The van der Waals surface area contributed by atoms with E-state index in [0.29, 0.717) is 10.7 Å². The van der Waals surface area contributed by atoms with Gasteiger partial charge >= 0.3 is 0 Å². The first-order valence-electron chi connectivity index (χ1n) is 5.06. The average molecular weight is 225 g/mol. The number of amides is 1. The van der Waals surface area contributed by atoms with Gasteiger partial charge in [0, 0.05) is 0 Å². The van der Waals surface area contributed by atoms with Crippen molar-refractivity contribution in [2.45, 2.75) is 18.9 Å². The summed E-state index contributed by atoms with van der Waals surface area (Å²) in [5.74, 6) is 0.000556. The fourth-order valence-corrected chi connectivity index (χ4v) is 1.87. The molecule has 1 aromatic rings. The predicted octanol–water partition coefficient (Wildman–Crippen LogP) is 2.03. The molecule has 1 fully saturated rings. The average Bonchev–Trinajstić information content (AvgIpc) is 2.74. The summed E-state index contributed by atoms with van der Waals surface area (Å²) in [6.07, 6.45) is 1.96. The van der Waals surface area contributed by atoms with Crippen molar-refractivity contribution in [2.75, 3.05) is 11.9 Å². The molecule has 15 heavy (non-hydrogen) atoms. The molecule has 1 aliphatic heterocycles. The van der Waals surface area contributed by atoms with Crippen LogP contribution in [0.15, 0.2) is 24.3 Å². The topological polar surface area (TPSA) is 41.1 Å². The molecule has 80 valence electrons. The number of para-hydroxylation sites is 1. The molecule has 2 N–H and O–H groups in total. The van der Waals surface area contributed by atoms with E-state index in [4.69, 9.17) is 11.6 Å². The number of nitrogens with one attached hydrogen (secondary N) is 2. The molecule has 1 aromatic carbocycles. The lowest BCUT2D eigenvalue weighted by Gasteiger charge is -2.11. The summed E-state index contributed by atoms with van der Waals surface area (Å²) in [6, 6.07) is 7.19. The van der Waals surface area contributed by atoms with E-state index in [1.54, 1.807) is 12.1 Å². The molecule has 1 amide bonds. The van der Waals surface area contributed by atoms with Crippen LogP contribution in [0, 0.1) is 0 Å². The number of hydrogen-bond donors (Lipinski definition) is 2. The second kappa shape index (κ2) is 4.64. The van der Waals surface area contributed by atoms with Gasteiger partial charge in [-0.3, -0.25) is 4.79 Å². The second-order valence-electron chi connectivity index (χ2n) is 3.62. The van der Waals surface area contributed by atoms with Crippen LogP contribution in [0.5, 0.6) is 0 Å². The Bertz CT molecular complexity index is 361. The van der Waals surface area contributed by atoms with Crippen molar-refractivity contribution < 1.29 is 4.79 Å². The van der Waals surface area contributed by atoms with E-state index < -0.39 is 0 Å². The zero-order valence-corrected chi connectivity index (χ0v) is 9.05. The van der Waals surface area contributed by atoms with E-state index in [-0.39, 0.29) is 11.9 Å². The highest BCUT2D eigenvalue weighted by molar-refractivity contribution is 6.33. The van der Waals surface area contributed by atoms with Crippen molar-refractivity contribution in [1.82, 2.24) is 5.32 Å². The predicted molar refractivity (Wildman–Crippen MR) is 61.1 cm³/mol. The molecule has 1 heterocycles. The maximum absolute atomic E-state index is 11.7. The maximum Gasteiger partial charge on any atom is 0.241 e. The van der Waals surface area contributed by atoms with Gasteiger partial charge in [-0.1, -0.05) is 23.7 Å². The molecule has 1 saturated heterocycles. The minimum absolute atomic E-state index is 0.000556. The second-order valence-corrected chi connectivity index (χ2v) is 4.03. The number of carbonyl (C=O) groups is 1. The van der Waals surface area contributed by atoms with Gasteiger partial charge in [0.2, 0.25) is 5.91 Å². The van der Waals surface area contributed by atoms with Crippen LogP contribution in [0.1, 0.15) is 12.8 Å². The Balaban J connectivity index is 2.02. The Hall–Kier alpha value is -1.06. The standard InChI is InChI=1S/C11H13ClN2O/c12-8-4-1-2-5-9(8)14-11(15)10-6-3-7-13-10/h1-2,4-5,10,13H,3,6-7H2,(H,14,15)/t10-/m1/s1. The van der Waals surface area contributed by atoms with Crippen LogP contribution in [0.3, 0.4) is 0 Å². The maximum atomic E-state index is 11.7. The largest absolute Gasteiger partial charge is 0.323 e. The van der Waals surface area contributed by atoms with Gasteiger partial charge in [-0.2, -0.15) is 0 Å². The van der Waals surface area contributed by atoms with Crippen LogP contribution in [-0.2, 0) is 4.79 Å². The first-order valence-corrected chi connectivity index (χ1v) is 5.44. The molecule has 1 atom stereocenters. The molecule has 0 radical (unpaired) electrons. The van der Waals surface area contributed by atoms with Gasteiger partial charge in [0.25, 0.3) is 0 Å². The summed E-state index contributed by atoms with van der Waals surface area (Å²) in [4.78, 5) is 11.7. The third-order valence-electron chi connectivity index (χ3n) is 2.51. The molecule has 0 aromatic heterocycles. The van der Waals surface area contributed by atoms with Crippen LogP contribution in [0.2, 0.25) is 5.02 Å². The van der Waals surface area contributed by atoms with E-state index >= 15 is 0 Å². The lowest BCUT2D eigenvalue weighted by molar-refractivity contribution is -0.117. The monoisotopic (exact) mass is 224 g/mol. The van der Waals surface area contributed by atoms with E-state index in [9.17, 15) is 4.79 Å². The van der Waals surface area contributed by atoms with Crippen molar-refractivity contribution in [3.8, 4) is 0 Å². The molecule has 0 spiro atoms. The van der Waals surface area contributed by atoms with E-state index in [1.807, 2.05) is 12.1 Å². The summed E-state index contributed by atoms with van der Waals surface area (Å²) in [6.45, 7) is 0.917. The number of halogens is 1. The van der Waals surface area contributed by atoms with Gasteiger partial charge in [-0.15, -0.1) is 0 Å². The zero-order chi connectivity index (χ0) is 10.7. The van der Waals surface area contributed by atoms with Gasteiger partial charge in [0.1, 0.15) is 0 Å². The highest BCUT2D eigenvalue weighted by atomic mass is 35.5. The number of rotatable bonds is 2. The first kappa shape index (κ1) is 10.5. The fraction of sp³-hybridized carbons (Fsp3) is 0.364.